The van der Waals surface area contributed by atoms with Crippen molar-refractivity contribution < 1.29 is 35.2 Å². The molecule has 3 aromatic carbocycles. The number of anilines is 1. The summed E-state index contributed by atoms with van der Waals surface area (Å²) >= 11 is 0. The molecule has 0 aliphatic carbocycles. The number of furan rings is 1. The van der Waals surface area contributed by atoms with Crippen molar-refractivity contribution in [2.75, 3.05) is 24.7 Å². The first-order valence-electron chi connectivity index (χ1n) is 13.2. The highest BCUT2D eigenvalue weighted by Crippen LogP contribution is 2.38. The van der Waals surface area contributed by atoms with Crippen molar-refractivity contribution in [1.29, 1.82) is 5.41 Å². The Morgan fingerprint density at radius 1 is 1.07 bits per heavy atom. The molecule has 0 fully saturated rings. The maximum Gasteiger partial charge on any atom is 0.416 e. The van der Waals surface area contributed by atoms with Crippen LogP contribution < -0.4 is 9.62 Å². The van der Waals surface area contributed by atoms with Gasteiger partial charge in [0.15, 0.2) is 0 Å². The molecule has 14 heteroatoms. The fraction of sp³-hybridized carbons (Fsp3) is 0.129. The molecule has 3 N–H and O–H groups in total. The van der Waals surface area contributed by atoms with E-state index >= 15 is 0 Å². The highest BCUT2D eigenvalue weighted by atomic mass is 32.2. The van der Waals surface area contributed by atoms with Gasteiger partial charge in [0.2, 0.25) is 10.0 Å². The van der Waals surface area contributed by atoms with Gasteiger partial charge in [-0.05, 0) is 60.2 Å². The van der Waals surface area contributed by atoms with Gasteiger partial charge in [-0.25, -0.2) is 17.8 Å². The van der Waals surface area contributed by atoms with Gasteiger partial charge in [0.05, 0.1) is 40.7 Å². The van der Waals surface area contributed by atoms with Crippen molar-refractivity contribution in [3.63, 3.8) is 0 Å². The predicted octanol–water partition coefficient (Wildman–Crippen LogP) is 6.48. The van der Waals surface area contributed by atoms with E-state index < -0.39 is 33.5 Å². The summed E-state index contributed by atoms with van der Waals surface area (Å²) in [4.78, 5) is 20.2. The average molecular weight is 640 g/mol. The Morgan fingerprint density at radius 3 is 2.31 bits per heavy atom. The van der Waals surface area contributed by atoms with Gasteiger partial charge in [0.25, 0.3) is 5.91 Å². The Morgan fingerprint density at radius 2 is 1.71 bits per heavy atom. The second kappa shape index (κ2) is 11.7. The van der Waals surface area contributed by atoms with Crippen LogP contribution in [0.5, 0.6) is 0 Å². The molecule has 0 atom stereocenters. The van der Waals surface area contributed by atoms with Crippen molar-refractivity contribution in [1.82, 2.24) is 15.3 Å². The lowest BCUT2D eigenvalue weighted by Crippen LogP contribution is -2.26. The van der Waals surface area contributed by atoms with Gasteiger partial charge in [0, 0.05) is 36.7 Å². The van der Waals surface area contributed by atoms with Crippen LogP contribution in [0.15, 0.2) is 77.4 Å². The van der Waals surface area contributed by atoms with Gasteiger partial charge in [-0.15, -0.1) is 0 Å². The van der Waals surface area contributed by atoms with Crippen molar-refractivity contribution in [2.45, 2.75) is 6.18 Å². The molecule has 0 spiro atoms. The van der Waals surface area contributed by atoms with Crippen LogP contribution in [-0.2, 0) is 16.2 Å². The molecule has 2 aromatic heterocycles. The molecule has 0 unspecified atom stereocenters. The Bertz CT molecular complexity index is 2060. The summed E-state index contributed by atoms with van der Waals surface area (Å²) in [7, 11) is -1.07. The lowest BCUT2D eigenvalue weighted by molar-refractivity contribution is -0.137. The topological polar surface area (TPSA) is 132 Å². The number of nitrogens with zero attached hydrogens (tertiary/aromatic N) is 2. The van der Waals surface area contributed by atoms with Gasteiger partial charge in [0.1, 0.15) is 23.0 Å². The van der Waals surface area contributed by atoms with Crippen molar-refractivity contribution >= 4 is 44.4 Å². The zero-order chi connectivity index (χ0) is 32.7. The number of fused-ring (bicyclic) bond motifs is 1. The van der Waals surface area contributed by atoms with E-state index in [0.717, 1.165) is 22.7 Å². The molecule has 0 saturated carbocycles. The molecular weight excluding hydrogens is 614 g/mol. The summed E-state index contributed by atoms with van der Waals surface area (Å²) in [5.74, 6) is -0.597. The summed E-state index contributed by atoms with van der Waals surface area (Å²) in [6.45, 7) is 0. The van der Waals surface area contributed by atoms with Crippen molar-refractivity contribution in [3.05, 3.63) is 101 Å². The van der Waals surface area contributed by atoms with E-state index in [1.54, 1.807) is 0 Å². The summed E-state index contributed by atoms with van der Waals surface area (Å²) in [5.41, 5.74) is 0.870. The first-order valence-corrected chi connectivity index (χ1v) is 15.0. The summed E-state index contributed by atoms with van der Waals surface area (Å²) in [5, 5.41) is 11.7. The number of halogens is 4. The number of hydrogen-bond donors (Lipinski definition) is 3. The number of carbonyl (C=O) groups excluding carboxylic acids is 1. The second-order valence-electron chi connectivity index (χ2n) is 9.99. The molecule has 0 aliphatic heterocycles. The minimum atomic E-state index is -4.46. The molecule has 0 bridgehead atoms. The van der Waals surface area contributed by atoms with E-state index in [-0.39, 0.29) is 45.1 Å². The lowest BCUT2D eigenvalue weighted by Gasteiger charge is -2.20. The number of hydrogen-bond acceptors (Lipinski definition) is 6. The maximum absolute atomic E-state index is 13.6. The van der Waals surface area contributed by atoms with Gasteiger partial charge >= 0.3 is 6.18 Å². The zero-order valence-electron chi connectivity index (χ0n) is 24.0. The van der Waals surface area contributed by atoms with Crippen LogP contribution in [0.3, 0.4) is 0 Å². The molecule has 2 heterocycles. The Labute approximate surface area is 254 Å². The van der Waals surface area contributed by atoms with E-state index in [1.165, 1.54) is 81.0 Å². The molecular formula is C31H25F4N5O4S. The van der Waals surface area contributed by atoms with E-state index in [1.807, 2.05) is 0 Å². The Kier molecular flexibility index (Phi) is 8.10. The smallest absolute Gasteiger partial charge is 0.416 e. The summed E-state index contributed by atoms with van der Waals surface area (Å²) in [6.07, 6.45) is 0.765. The third kappa shape index (κ3) is 6.36. The van der Waals surface area contributed by atoms with Gasteiger partial charge in [-0.1, -0.05) is 12.1 Å². The minimum Gasteiger partial charge on any atom is -0.455 e. The number of aromatic nitrogens is 2. The van der Waals surface area contributed by atoms with E-state index in [9.17, 15) is 30.8 Å². The number of nitrogens with one attached hydrogen (secondary N) is 3. The third-order valence-corrected chi connectivity index (χ3v) is 8.21. The van der Waals surface area contributed by atoms with Crippen LogP contribution in [0.4, 0.5) is 23.2 Å². The third-order valence-electron chi connectivity index (χ3n) is 7.02. The SMILES string of the molecule is CNC(=O)c1c(-c2ccc(F)cc2)oc2cc(N(C)S(C)(=O)=O)c(C(=N)/C=C\c3ncc(-c4ccc(C(F)(F)F)cc4)[nH]3)cc12. The second-order valence-corrected chi connectivity index (χ2v) is 12.0. The fourth-order valence-electron chi connectivity index (χ4n) is 4.60. The van der Waals surface area contributed by atoms with Gasteiger partial charge in [-0.3, -0.25) is 9.10 Å². The first kappa shape index (κ1) is 31.2. The largest absolute Gasteiger partial charge is 0.455 e. The number of carbonyl (C=O) groups is 1. The van der Waals surface area contributed by atoms with Crippen molar-refractivity contribution in [3.8, 4) is 22.6 Å². The predicted molar refractivity (Wildman–Crippen MR) is 163 cm³/mol. The zero-order valence-corrected chi connectivity index (χ0v) is 24.8. The molecule has 1 amide bonds. The number of alkyl halides is 3. The lowest BCUT2D eigenvalue weighted by atomic mass is 10.00. The standard InChI is InChI=1S/C31H25F4N5O4S/c1-37-30(41)28-22-14-21(23(36)12-13-27-38-16-24(39-27)17-4-8-19(9-5-17)31(33,34)35)25(40(2)45(3,42)43)15-26(22)44-29(28)18-6-10-20(32)11-7-18/h4-16,36H,1-3H3,(H,37,41)(H,38,39)/b13-12-,36-23?. The fourth-order valence-corrected chi connectivity index (χ4v) is 5.11. The average Bonchev–Trinajstić information content (AvgIpc) is 3.63. The van der Waals surface area contributed by atoms with Gasteiger partial charge < -0.3 is 20.1 Å². The molecule has 232 valence electrons. The molecule has 0 saturated heterocycles. The van der Waals surface area contributed by atoms with Crippen LogP contribution >= 0.6 is 0 Å². The van der Waals surface area contributed by atoms with E-state index in [2.05, 4.69) is 15.3 Å². The van der Waals surface area contributed by atoms with Crippen LogP contribution in [-0.4, -0.2) is 50.4 Å². The van der Waals surface area contributed by atoms with E-state index in [0.29, 0.717) is 16.8 Å². The Hall–Kier alpha value is -5.24. The number of imidazole rings is 1. The number of H-pyrrole nitrogens is 1. The van der Waals surface area contributed by atoms with Crippen LogP contribution in [0, 0.1) is 11.2 Å². The minimum absolute atomic E-state index is 0.0902. The van der Waals surface area contributed by atoms with Crippen molar-refractivity contribution in [2.24, 2.45) is 0 Å². The monoisotopic (exact) mass is 639 g/mol. The summed E-state index contributed by atoms with van der Waals surface area (Å²) in [6, 6.07) is 12.7. The molecule has 0 radical (unpaired) electrons. The number of aromatic amines is 1. The molecule has 0 aliphatic rings. The molecule has 45 heavy (non-hydrogen) atoms. The highest BCUT2D eigenvalue weighted by Gasteiger charge is 2.30. The van der Waals surface area contributed by atoms with Gasteiger partial charge in [-0.2, -0.15) is 13.2 Å². The molecule has 9 nitrogen and oxygen atoms in total. The number of benzene rings is 3. The maximum atomic E-state index is 13.6. The molecule has 5 aromatic rings. The molecule has 5 rings (SSSR count). The normalized spacial score (nSPS) is 12.2. The quantitative estimate of drug-likeness (QED) is 0.132. The van der Waals surface area contributed by atoms with E-state index in [4.69, 9.17) is 9.83 Å². The number of allylic oxidation sites excluding steroid dienone is 1. The Balaban J connectivity index is 1.57. The van der Waals surface area contributed by atoms with Crippen LogP contribution in [0.25, 0.3) is 39.6 Å². The summed E-state index contributed by atoms with van der Waals surface area (Å²) < 4.78 is 84.5. The number of rotatable bonds is 8. The highest BCUT2D eigenvalue weighted by molar-refractivity contribution is 7.92. The van der Waals surface area contributed by atoms with Crippen LogP contribution in [0.1, 0.15) is 27.3 Å². The van der Waals surface area contributed by atoms with Crippen LogP contribution in [0.2, 0.25) is 0 Å². The first-order chi connectivity index (χ1) is 21.2. The number of amides is 1. The number of sulfonamides is 1.